The van der Waals surface area contributed by atoms with Crippen molar-refractivity contribution in [3.05, 3.63) is 35.4 Å². The van der Waals surface area contributed by atoms with E-state index in [9.17, 15) is 4.79 Å². The van der Waals surface area contributed by atoms with E-state index >= 15 is 0 Å². The topological polar surface area (TPSA) is 49.6 Å². The minimum absolute atomic E-state index is 0.165. The molecule has 0 aromatic heterocycles. The van der Waals surface area contributed by atoms with Crippen LogP contribution in [0.5, 0.6) is 0 Å². The van der Waals surface area contributed by atoms with Crippen LogP contribution in [-0.2, 0) is 0 Å². The van der Waals surface area contributed by atoms with Crippen LogP contribution in [0.25, 0.3) is 0 Å². The Morgan fingerprint density at radius 1 is 1.05 bits per heavy atom. The summed E-state index contributed by atoms with van der Waals surface area (Å²) in [4.78, 5) is 16.8. The van der Waals surface area contributed by atoms with Gasteiger partial charge < -0.3 is 10.6 Å². The van der Waals surface area contributed by atoms with Gasteiger partial charge in [0.25, 0.3) is 5.91 Å². The highest BCUT2D eigenvalue weighted by Gasteiger charge is 2.21. The maximum absolute atomic E-state index is 12.4. The van der Waals surface area contributed by atoms with Crippen LogP contribution >= 0.6 is 0 Å². The van der Waals surface area contributed by atoms with Crippen molar-refractivity contribution in [1.82, 2.24) is 9.80 Å². The van der Waals surface area contributed by atoms with Gasteiger partial charge in [-0.1, -0.05) is 24.1 Å². The monoisotopic (exact) mass is 289 g/mol. The maximum Gasteiger partial charge on any atom is 0.253 e. The van der Waals surface area contributed by atoms with E-state index in [4.69, 9.17) is 5.73 Å². The Labute approximate surface area is 127 Å². The Morgan fingerprint density at radius 2 is 1.71 bits per heavy atom. The molecule has 0 bridgehead atoms. The summed E-state index contributed by atoms with van der Waals surface area (Å²) in [7, 11) is 0. The Bertz CT molecular complexity index is 436. The molecule has 0 spiro atoms. The number of piperazine rings is 1. The summed E-state index contributed by atoms with van der Waals surface area (Å²) in [6.07, 6.45) is 3.54. The molecule has 1 aliphatic rings. The van der Waals surface area contributed by atoms with Crippen LogP contribution < -0.4 is 5.73 Å². The summed E-state index contributed by atoms with van der Waals surface area (Å²) in [6, 6.07) is 7.86. The number of amides is 1. The largest absolute Gasteiger partial charge is 0.336 e. The van der Waals surface area contributed by atoms with E-state index in [0.29, 0.717) is 0 Å². The van der Waals surface area contributed by atoms with Gasteiger partial charge in [0.1, 0.15) is 0 Å². The van der Waals surface area contributed by atoms with Gasteiger partial charge in [-0.05, 0) is 45.0 Å². The first-order chi connectivity index (χ1) is 10.2. The second-order valence-electron chi connectivity index (χ2n) is 5.85. The molecule has 0 unspecified atom stereocenters. The van der Waals surface area contributed by atoms with Crippen LogP contribution in [0.4, 0.5) is 0 Å². The van der Waals surface area contributed by atoms with Crippen molar-refractivity contribution < 1.29 is 4.79 Å². The van der Waals surface area contributed by atoms with E-state index < -0.39 is 0 Å². The average Bonchev–Trinajstić information content (AvgIpc) is 2.52. The molecule has 1 amide bonds. The molecule has 0 atom stereocenters. The van der Waals surface area contributed by atoms with Crippen molar-refractivity contribution in [2.75, 3.05) is 39.3 Å². The fourth-order valence-electron chi connectivity index (χ4n) is 2.71. The van der Waals surface area contributed by atoms with E-state index in [1.165, 1.54) is 18.4 Å². The average molecular weight is 289 g/mol. The van der Waals surface area contributed by atoms with Crippen molar-refractivity contribution in [2.24, 2.45) is 5.73 Å². The lowest BCUT2D eigenvalue weighted by Crippen LogP contribution is -2.48. The molecule has 1 aliphatic heterocycles. The fraction of sp³-hybridized carbons (Fsp3) is 0.588. The lowest BCUT2D eigenvalue weighted by atomic mass is 10.1. The number of carbonyl (C=O) groups is 1. The van der Waals surface area contributed by atoms with E-state index in [2.05, 4.69) is 4.90 Å². The third-order valence-electron chi connectivity index (χ3n) is 4.14. The maximum atomic E-state index is 12.4. The molecule has 1 aromatic carbocycles. The zero-order valence-electron chi connectivity index (χ0n) is 13.1. The van der Waals surface area contributed by atoms with Gasteiger partial charge in [-0.3, -0.25) is 9.69 Å². The zero-order chi connectivity index (χ0) is 15.1. The number of benzene rings is 1. The second kappa shape index (κ2) is 8.15. The lowest BCUT2D eigenvalue weighted by molar-refractivity contribution is 0.0635. The normalized spacial score (nSPS) is 16.2. The highest BCUT2D eigenvalue weighted by Crippen LogP contribution is 2.10. The number of hydrogen-bond acceptors (Lipinski definition) is 3. The van der Waals surface area contributed by atoms with Gasteiger partial charge >= 0.3 is 0 Å². The molecule has 21 heavy (non-hydrogen) atoms. The fourth-order valence-corrected chi connectivity index (χ4v) is 2.71. The molecular weight excluding hydrogens is 262 g/mol. The first-order valence-electron chi connectivity index (χ1n) is 7.99. The molecule has 1 heterocycles. The molecule has 1 aromatic rings. The van der Waals surface area contributed by atoms with Crippen LogP contribution in [0.1, 0.15) is 35.2 Å². The van der Waals surface area contributed by atoms with E-state index in [1.807, 2.05) is 36.1 Å². The summed E-state index contributed by atoms with van der Waals surface area (Å²) in [5.41, 5.74) is 7.50. The Morgan fingerprint density at radius 3 is 2.33 bits per heavy atom. The molecule has 1 saturated heterocycles. The molecule has 1 fully saturated rings. The Hall–Kier alpha value is -1.39. The van der Waals surface area contributed by atoms with Crippen molar-refractivity contribution in [3.63, 3.8) is 0 Å². The number of unbranched alkanes of at least 4 members (excludes halogenated alkanes) is 2. The van der Waals surface area contributed by atoms with Gasteiger partial charge in [-0.2, -0.15) is 0 Å². The standard InChI is InChI=1S/C17H27N3O/c1-15-5-7-16(8-6-15)17(21)20-13-11-19(12-14-20)10-4-2-3-9-18/h5-8H,2-4,9-14,18H2,1H3. The summed E-state index contributed by atoms with van der Waals surface area (Å²) in [6.45, 7) is 7.61. The van der Waals surface area contributed by atoms with Gasteiger partial charge in [-0.25, -0.2) is 0 Å². The van der Waals surface area contributed by atoms with E-state index in [1.54, 1.807) is 0 Å². The predicted molar refractivity (Wildman–Crippen MR) is 86.4 cm³/mol. The van der Waals surface area contributed by atoms with Crippen LogP contribution in [0.3, 0.4) is 0 Å². The molecule has 4 nitrogen and oxygen atoms in total. The highest BCUT2D eigenvalue weighted by atomic mass is 16.2. The van der Waals surface area contributed by atoms with Crippen LogP contribution in [0.15, 0.2) is 24.3 Å². The Balaban J connectivity index is 1.75. The molecule has 0 aliphatic carbocycles. The van der Waals surface area contributed by atoms with Crippen molar-refractivity contribution in [2.45, 2.75) is 26.2 Å². The van der Waals surface area contributed by atoms with Crippen LogP contribution in [0, 0.1) is 6.92 Å². The SMILES string of the molecule is Cc1ccc(C(=O)N2CCN(CCCCCN)CC2)cc1. The van der Waals surface area contributed by atoms with Crippen LogP contribution in [-0.4, -0.2) is 55.0 Å². The minimum atomic E-state index is 0.165. The molecule has 2 N–H and O–H groups in total. The summed E-state index contributed by atoms with van der Waals surface area (Å²) < 4.78 is 0. The first kappa shape index (κ1) is 16.0. The smallest absolute Gasteiger partial charge is 0.253 e. The van der Waals surface area contributed by atoms with Crippen LogP contribution in [0.2, 0.25) is 0 Å². The lowest BCUT2D eigenvalue weighted by Gasteiger charge is -2.34. The van der Waals surface area contributed by atoms with Gasteiger partial charge in [0.05, 0.1) is 0 Å². The van der Waals surface area contributed by atoms with Crippen molar-refractivity contribution in [3.8, 4) is 0 Å². The molecular formula is C17H27N3O. The zero-order valence-corrected chi connectivity index (χ0v) is 13.1. The molecule has 0 saturated carbocycles. The summed E-state index contributed by atoms with van der Waals surface area (Å²) >= 11 is 0. The second-order valence-corrected chi connectivity index (χ2v) is 5.85. The van der Waals surface area contributed by atoms with Crippen molar-refractivity contribution in [1.29, 1.82) is 0 Å². The third-order valence-corrected chi connectivity index (χ3v) is 4.14. The number of carbonyl (C=O) groups excluding carboxylic acids is 1. The number of hydrogen-bond donors (Lipinski definition) is 1. The number of aryl methyl sites for hydroxylation is 1. The minimum Gasteiger partial charge on any atom is -0.336 e. The van der Waals surface area contributed by atoms with Gasteiger partial charge in [0.2, 0.25) is 0 Å². The first-order valence-corrected chi connectivity index (χ1v) is 7.99. The highest BCUT2D eigenvalue weighted by molar-refractivity contribution is 5.94. The number of nitrogens with two attached hydrogens (primary N) is 1. The van der Waals surface area contributed by atoms with Crippen molar-refractivity contribution >= 4 is 5.91 Å². The van der Waals surface area contributed by atoms with E-state index in [-0.39, 0.29) is 5.91 Å². The Kier molecular flexibility index (Phi) is 6.21. The quantitative estimate of drug-likeness (QED) is 0.814. The van der Waals surface area contributed by atoms with Gasteiger partial charge in [0, 0.05) is 31.7 Å². The third kappa shape index (κ3) is 4.83. The molecule has 0 radical (unpaired) electrons. The summed E-state index contributed by atoms with van der Waals surface area (Å²) in [5, 5.41) is 0. The molecule has 2 rings (SSSR count). The van der Waals surface area contributed by atoms with Gasteiger partial charge in [-0.15, -0.1) is 0 Å². The molecule has 116 valence electrons. The van der Waals surface area contributed by atoms with E-state index in [0.717, 1.165) is 51.3 Å². The van der Waals surface area contributed by atoms with Gasteiger partial charge in [0.15, 0.2) is 0 Å². The number of rotatable bonds is 6. The predicted octanol–water partition coefficient (Wildman–Crippen LogP) is 1.88. The number of nitrogens with zero attached hydrogens (tertiary/aromatic N) is 2. The summed E-state index contributed by atoms with van der Waals surface area (Å²) in [5.74, 6) is 0.165. The molecule has 4 heteroatoms.